The maximum atomic E-state index is 14.3. The molecule has 0 atom stereocenters. The van der Waals surface area contributed by atoms with E-state index in [9.17, 15) is 9.18 Å². The van der Waals surface area contributed by atoms with E-state index in [1.807, 2.05) is 6.07 Å². The molecule has 0 aromatic heterocycles. The average molecular weight is 402 g/mol. The number of benzene rings is 1. The van der Waals surface area contributed by atoms with E-state index in [1.165, 1.54) is 18.6 Å². The Kier molecular flexibility index (Phi) is 7.29. The molecule has 4 nitrogen and oxygen atoms in total. The van der Waals surface area contributed by atoms with Gasteiger partial charge in [-0.1, -0.05) is 51.5 Å². The van der Waals surface area contributed by atoms with Crippen molar-refractivity contribution in [3.8, 4) is 6.07 Å². The summed E-state index contributed by atoms with van der Waals surface area (Å²) < 4.78 is 26.4. The molecule has 0 aliphatic heterocycles. The first kappa shape index (κ1) is 21.8. The maximum Gasteiger partial charge on any atom is 0.316 e. The van der Waals surface area contributed by atoms with E-state index in [0.717, 1.165) is 51.4 Å². The van der Waals surface area contributed by atoms with Gasteiger partial charge in [-0.25, -0.2) is 4.39 Å². The minimum Gasteiger partial charge on any atom is -0.462 e. The van der Waals surface area contributed by atoms with Crippen molar-refractivity contribution in [3.05, 3.63) is 35.1 Å². The second kappa shape index (κ2) is 9.71. The molecule has 0 heterocycles. The van der Waals surface area contributed by atoms with Gasteiger partial charge in [-0.3, -0.25) is 4.79 Å². The van der Waals surface area contributed by atoms with Gasteiger partial charge in [0.25, 0.3) is 0 Å². The topological polar surface area (TPSA) is 59.3 Å². The number of esters is 1. The highest BCUT2D eigenvalue weighted by atomic mass is 19.1. The lowest BCUT2D eigenvalue weighted by molar-refractivity contribution is -0.168. The SMILES string of the molecule is CCCOC1(COC(=O)C2(c3ccc(C#N)c(F)c3)CCCCC2)CCCCC1. The summed E-state index contributed by atoms with van der Waals surface area (Å²) in [6.45, 7) is 3.02. The number of carbonyl (C=O) groups excluding carboxylic acids is 1. The van der Waals surface area contributed by atoms with Gasteiger partial charge in [0.05, 0.1) is 11.0 Å². The van der Waals surface area contributed by atoms with Gasteiger partial charge in [0.1, 0.15) is 24.1 Å². The largest absolute Gasteiger partial charge is 0.462 e. The van der Waals surface area contributed by atoms with Crippen LogP contribution in [0.3, 0.4) is 0 Å². The molecular weight excluding hydrogens is 369 g/mol. The molecule has 0 amide bonds. The van der Waals surface area contributed by atoms with E-state index in [2.05, 4.69) is 6.92 Å². The van der Waals surface area contributed by atoms with Gasteiger partial charge < -0.3 is 9.47 Å². The molecule has 0 saturated heterocycles. The molecule has 2 aliphatic rings. The monoisotopic (exact) mass is 401 g/mol. The van der Waals surface area contributed by atoms with Gasteiger partial charge in [0, 0.05) is 6.61 Å². The van der Waals surface area contributed by atoms with Crippen molar-refractivity contribution in [3.63, 3.8) is 0 Å². The second-order valence-electron chi connectivity index (χ2n) is 8.62. The Hall–Kier alpha value is -1.93. The summed E-state index contributed by atoms with van der Waals surface area (Å²) in [6.07, 6.45) is 10.3. The predicted octanol–water partition coefficient (Wildman–Crippen LogP) is 5.57. The number of hydrogen-bond acceptors (Lipinski definition) is 4. The van der Waals surface area contributed by atoms with Crippen LogP contribution in [0.25, 0.3) is 0 Å². The van der Waals surface area contributed by atoms with E-state index in [-0.39, 0.29) is 23.7 Å². The number of rotatable bonds is 7. The summed E-state index contributed by atoms with van der Waals surface area (Å²) in [6, 6.07) is 6.40. The standard InChI is InChI=1S/C24H32FNO3/c1-2-15-29-23(11-5-3-6-12-23)18-28-22(27)24(13-7-4-8-14-24)20-10-9-19(17-26)21(25)16-20/h9-10,16H,2-8,11-15,18H2,1H3. The van der Waals surface area contributed by atoms with Crippen LogP contribution in [-0.4, -0.2) is 24.8 Å². The van der Waals surface area contributed by atoms with Gasteiger partial charge in [-0.15, -0.1) is 0 Å². The molecule has 0 bridgehead atoms. The summed E-state index contributed by atoms with van der Waals surface area (Å²) in [5.74, 6) is -0.843. The Balaban J connectivity index is 1.80. The molecule has 0 unspecified atom stereocenters. The lowest BCUT2D eigenvalue weighted by Crippen LogP contribution is -2.45. The van der Waals surface area contributed by atoms with Crippen molar-refractivity contribution in [1.82, 2.24) is 0 Å². The molecule has 2 fully saturated rings. The van der Waals surface area contributed by atoms with Crippen molar-refractivity contribution in [2.45, 2.75) is 88.6 Å². The summed E-state index contributed by atoms with van der Waals surface area (Å²) in [4.78, 5) is 13.4. The minimum atomic E-state index is -0.826. The van der Waals surface area contributed by atoms with Crippen LogP contribution in [0.4, 0.5) is 4.39 Å². The first-order chi connectivity index (χ1) is 14.1. The zero-order valence-corrected chi connectivity index (χ0v) is 17.5. The van der Waals surface area contributed by atoms with Crippen LogP contribution < -0.4 is 0 Å². The first-order valence-corrected chi connectivity index (χ1v) is 11.1. The van der Waals surface area contributed by atoms with Gasteiger partial charge >= 0.3 is 5.97 Å². The molecule has 0 N–H and O–H groups in total. The van der Waals surface area contributed by atoms with E-state index in [0.29, 0.717) is 25.0 Å². The second-order valence-corrected chi connectivity index (χ2v) is 8.62. The van der Waals surface area contributed by atoms with Gasteiger partial charge in [0.2, 0.25) is 0 Å². The van der Waals surface area contributed by atoms with Crippen molar-refractivity contribution in [1.29, 1.82) is 5.26 Å². The third-order valence-electron chi connectivity index (χ3n) is 6.58. The van der Waals surface area contributed by atoms with E-state index in [1.54, 1.807) is 6.07 Å². The Morgan fingerprint density at radius 3 is 2.34 bits per heavy atom. The fourth-order valence-corrected chi connectivity index (χ4v) is 4.85. The highest BCUT2D eigenvalue weighted by Gasteiger charge is 2.44. The van der Waals surface area contributed by atoms with Crippen LogP contribution in [0.15, 0.2) is 18.2 Å². The third-order valence-corrected chi connectivity index (χ3v) is 6.58. The highest BCUT2D eigenvalue weighted by Crippen LogP contribution is 2.42. The Morgan fingerprint density at radius 2 is 1.76 bits per heavy atom. The number of ether oxygens (including phenoxy) is 2. The number of nitrogens with zero attached hydrogens (tertiary/aromatic N) is 1. The lowest BCUT2D eigenvalue weighted by Gasteiger charge is -2.39. The van der Waals surface area contributed by atoms with Crippen LogP contribution in [0.5, 0.6) is 0 Å². The molecule has 2 aliphatic carbocycles. The van der Waals surface area contributed by atoms with Crippen molar-refractivity contribution in [2.75, 3.05) is 13.2 Å². The average Bonchev–Trinajstić information content (AvgIpc) is 2.77. The van der Waals surface area contributed by atoms with Crippen molar-refractivity contribution in [2.24, 2.45) is 0 Å². The molecular formula is C24H32FNO3. The van der Waals surface area contributed by atoms with Crippen LogP contribution >= 0.6 is 0 Å². The Morgan fingerprint density at radius 1 is 1.10 bits per heavy atom. The predicted molar refractivity (Wildman–Crippen MR) is 109 cm³/mol. The van der Waals surface area contributed by atoms with E-state index < -0.39 is 11.2 Å². The summed E-state index contributed by atoms with van der Waals surface area (Å²) in [7, 11) is 0. The van der Waals surface area contributed by atoms with Crippen LogP contribution in [0.1, 0.15) is 88.7 Å². The molecule has 29 heavy (non-hydrogen) atoms. The Bertz CT molecular complexity index is 743. The smallest absolute Gasteiger partial charge is 0.316 e. The van der Waals surface area contributed by atoms with Gasteiger partial charge in [-0.2, -0.15) is 5.26 Å². The molecule has 0 spiro atoms. The van der Waals surface area contributed by atoms with Crippen molar-refractivity contribution < 1.29 is 18.7 Å². The zero-order valence-electron chi connectivity index (χ0n) is 17.5. The van der Waals surface area contributed by atoms with Gasteiger partial charge in [0.15, 0.2) is 0 Å². The zero-order chi connectivity index (χ0) is 20.7. The normalized spacial score (nSPS) is 20.6. The first-order valence-electron chi connectivity index (χ1n) is 11.1. The van der Waals surface area contributed by atoms with Crippen LogP contribution in [-0.2, 0) is 19.7 Å². The number of nitriles is 1. The van der Waals surface area contributed by atoms with E-state index in [4.69, 9.17) is 14.7 Å². The quantitative estimate of drug-likeness (QED) is 0.560. The third kappa shape index (κ3) is 4.80. The van der Waals surface area contributed by atoms with Gasteiger partial charge in [-0.05, 0) is 49.8 Å². The van der Waals surface area contributed by atoms with Crippen LogP contribution in [0.2, 0.25) is 0 Å². The summed E-state index contributed by atoms with van der Waals surface area (Å²) >= 11 is 0. The molecule has 5 heteroatoms. The van der Waals surface area contributed by atoms with Crippen molar-refractivity contribution >= 4 is 5.97 Å². The number of hydrogen-bond donors (Lipinski definition) is 0. The summed E-state index contributed by atoms with van der Waals surface area (Å²) in [5.41, 5.74) is -0.573. The number of carbonyl (C=O) groups is 1. The maximum absolute atomic E-state index is 14.3. The lowest BCUT2D eigenvalue weighted by atomic mass is 9.69. The fraction of sp³-hybridized carbons (Fsp3) is 0.667. The fourth-order valence-electron chi connectivity index (χ4n) is 4.85. The highest BCUT2D eigenvalue weighted by molar-refractivity contribution is 5.83. The molecule has 3 rings (SSSR count). The molecule has 1 aromatic carbocycles. The Labute approximate surface area is 173 Å². The summed E-state index contributed by atoms with van der Waals surface area (Å²) in [5, 5.41) is 9.03. The molecule has 0 radical (unpaired) electrons. The number of halogens is 1. The van der Waals surface area contributed by atoms with Crippen LogP contribution in [0, 0.1) is 17.1 Å². The minimum absolute atomic E-state index is 0.00204. The molecule has 1 aromatic rings. The molecule has 158 valence electrons. The van der Waals surface area contributed by atoms with E-state index >= 15 is 0 Å². The molecule has 2 saturated carbocycles.